The highest BCUT2D eigenvalue weighted by Gasteiger charge is 2.34. The van der Waals surface area contributed by atoms with Gasteiger partial charge in [-0.2, -0.15) is 8.78 Å². The Hall–Kier alpha value is -2.49. The number of piperidine rings is 1. The van der Waals surface area contributed by atoms with Crippen LogP contribution < -0.4 is 14.5 Å². The third-order valence-electron chi connectivity index (χ3n) is 7.21. The maximum absolute atomic E-state index is 13.9. The van der Waals surface area contributed by atoms with Gasteiger partial charge in [-0.3, -0.25) is 14.7 Å². The number of alkyl halides is 2. The molecule has 2 fully saturated rings. The Bertz CT molecular complexity index is 1100. The minimum Gasteiger partial charge on any atom is -0.434 e. The third kappa shape index (κ3) is 5.74. The molecule has 0 aromatic heterocycles. The van der Waals surface area contributed by atoms with E-state index in [9.17, 15) is 23.1 Å². The molecule has 0 saturated carbocycles. The van der Waals surface area contributed by atoms with Crippen molar-refractivity contribution in [3.05, 3.63) is 52.8 Å². The van der Waals surface area contributed by atoms with Crippen LogP contribution in [-0.2, 0) is 6.54 Å². The molecule has 196 valence electrons. The average Bonchev–Trinajstić information content (AvgIpc) is 3.23. The first-order valence-corrected chi connectivity index (χ1v) is 12.4. The molecule has 0 bridgehead atoms. The number of carbonyl (C=O) groups excluding carboxylic acids is 1. The second kappa shape index (κ2) is 10.9. The van der Waals surface area contributed by atoms with Crippen LogP contribution in [0.2, 0.25) is 5.02 Å². The zero-order valence-corrected chi connectivity index (χ0v) is 21.1. The Morgan fingerprint density at radius 2 is 1.78 bits per heavy atom. The molecule has 1 atom stereocenters. The number of ether oxygens (including phenoxy) is 1. The molecule has 2 heterocycles. The van der Waals surface area contributed by atoms with Crippen LogP contribution in [0.5, 0.6) is 5.75 Å². The third-order valence-corrected chi connectivity index (χ3v) is 7.52. The average molecular weight is 526 g/mol. The number of hydrogen-bond donors (Lipinski definition) is 1. The van der Waals surface area contributed by atoms with Gasteiger partial charge < -0.3 is 9.84 Å². The van der Waals surface area contributed by atoms with E-state index in [1.54, 1.807) is 18.2 Å². The van der Waals surface area contributed by atoms with Gasteiger partial charge in [-0.25, -0.2) is 9.18 Å². The second-order valence-corrected chi connectivity index (χ2v) is 10.5. The molecule has 4 rings (SSSR count). The predicted octanol–water partition coefficient (Wildman–Crippen LogP) is 5.76. The Morgan fingerprint density at radius 1 is 1.11 bits per heavy atom. The predicted molar refractivity (Wildman–Crippen MR) is 133 cm³/mol. The van der Waals surface area contributed by atoms with Crippen LogP contribution in [0.1, 0.15) is 32.3 Å². The summed E-state index contributed by atoms with van der Waals surface area (Å²) in [6.07, 6.45) is 1.97. The first kappa shape index (κ1) is 26.6. The Balaban J connectivity index is 1.53. The zero-order valence-electron chi connectivity index (χ0n) is 20.4. The summed E-state index contributed by atoms with van der Waals surface area (Å²) < 4.78 is 45.3. The molecule has 2 aliphatic rings. The molecule has 0 unspecified atom stereocenters. The molecule has 6 nitrogen and oxygen atoms in total. The highest BCUT2D eigenvalue weighted by molar-refractivity contribution is 6.30. The number of likely N-dealkylation sites (tertiary alicyclic amines) is 1. The van der Waals surface area contributed by atoms with Gasteiger partial charge in [-0.1, -0.05) is 31.5 Å². The van der Waals surface area contributed by atoms with E-state index in [0.717, 1.165) is 25.9 Å². The van der Waals surface area contributed by atoms with Gasteiger partial charge in [-0.05, 0) is 55.0 Å². The molecule has 10 heteroatoms. The Morgan fingerprint density at radius 3 is 2.42 bits per heavy atom. The van der Waals surface area contributed by atoms with Crippen LogP contribution in [0, 0.1) is 17.2 Å². The van der Waals surface area contributed by atoms with Crippen molar-refractivity contribution in [3.8, 4) is 5.75 Å². The number of urea groups is 1. The van der Waals surface area contributed by atoms with Crippen LogP contribution in [0.4, 0.5) is 29.3 Å². The standard InChI is InChI=1S/C26H31ClF3N3O3/c1-26(2,16-34)18-4-3-9-31(15-18)14-17-5-6-20(13-23(17)36-24(29)30)33-11-10-32(25(33)35)19-7-8-21(27)22(28)12-19/h5-8,12-13,18,24,34H,3-4,9-11,14-16H2,1-2H3/t18-/m0/s1. The number of nitrogens with zero attached hydrogens (tertiary/aromatic N) is 3. The fourth-order valence-corrected chi connectivity index (χ4v) is 5.04. The molecule has 0 radical (unpaired) electrons. The number of carbonyl (C=O) groups is 1. The van der Waals surface area contributed by atoms with E-state index in [0.29, 0.717) is 42.5 Å². The van der Waals surface area contributed by atoms with E-state index >= 15 is 0 Å². The highest BCUT2D eigenvalue weighted by atomic mass is 35.5. The lowest BCUT2D eigenvalue weighted by Crippen LogP contribution is -2.42. The quantitative estimate of drug-likeness (QED) is 0.476. The number of anilines is 2. The summed E-state index contributed by atoms with van der Waals surface area (Å²) in [7, 11) is 0. The molecule has 2 aromatic carbocycles. The molecule has 2 aliphatic heterocycles. The molecule has 2 saturated heterocycles. The summed E-state index contributed by atoms with van der Waals surface area (Å²) in [6, 6.07) is 8.65. The number of benzene rings is 2. The summed E-state index contributed by atoms with van der Waals surface area (Å²) in [5, 5.41) is 9.72. The monoisotopic (exact) mass is 525 g/mol. The normalized spacial score (nSPS) is 19.4. The van der Waals surface area contributed by atoms with E-state index < -0.39 is 18.5 Å². The maximum Gasteiger partial charge on any atom is 0.387 e. The van der Waals surface area contributed by atoms with E-state index in [1.165, 1.54) is 28.0 Å². The number of rotatable bonds is 8. The van der Waals surface area contributed by atoms with Crippen LogP contribution >= 0.6 is 11.6 Å². The van der Waals surface area contributed by atoms with Gasteiger partial charge in [0.25, 0.3) is 0 Å². The topological polar surface area (TPSA) is 56.2 Å². The van der Waals surface area contributed by atoms with E-state index in [-0.39, 0.29) is 22.8 Å². The van der Waals surface area contributed by atoms with Crippen molar-refractivity contribution in [1.82, 2.24) is 4.90 Å². The molecule has 2 amide bonds. The molecule has 1 N–H and O–H groups in total. The van der Waals surface area contributed by atoms with Crippen LogP contribution in [0.3, 0.4) is 0 Å². The van der Waals surface area contributed by atoms with Crippen molar-refractivity contribution < 1.29 is 27.8 Å². The summed E-state index contributed by atoms with van der Waals surface area (Å²) in [6.45, 7) is 3.76. The van der Waals surface area contributed by atoms with Crippen molar-refractivity contribution in [3.63, 3.8) is 0 Å². The van der Waals surface area contributed by atoms with Crippen LogP contribution in [0.15, 0.2) is 36.4 Å². The minimum atomic E-state index is -3.01. The van der Waals surface area contributed by atoms with E-state index in [1.807, 2.05) is 13.8 Å². The van der Waals surface area contributed by atoms with Gasteiger partial charge in [0.05, 0.1) is 5.02 Å². The van der Waals surface area contributed by atoms with Crippen molar-refractivity contribution >= 4 is 29.0 Å². The SMILES string of the molecule is CC(C)(CO)[C@H]1CCCN(Cc2ccc(N3CCN(c4ccc(Cl)c(F)c4)C3=O)cc2OC(F)F)C1. The highest BCUT2D eigenvalue weighted by Crippen LogP contribution is 2.36. The molecule has 0 aliphatic carbocycles. The van der Waals surface area contributed by atoms with Crippen LogP contribution in [-0.4, -0.2) is 55.4 Å². The summed E-state index contributed by atoms with van der Waals surface area (Å²) in [4.78, 5) is 18.1. The van der Waals surface area contributed by atoms with Gasteiger partial charge in [0, 0.05) is 55.8 Å². The molecular formula is C26H31ClF3N3O3. The second-order valence-electron chi connectivity index (χ2n) is 10.1. The lowest BCUT2D eigenvalue weighted by molar-refractivity contribution is -0.0509. The summed E-state index contributed by atoms with van der Waals surface area (Å²) >= 11 is 5.75. The number of halogens is 4. The number of aliphatic hydroxyl groups excluding tert-OH is 1. The number of hydrogen-bond acceptors (Lipinski definition) is 4. The summed E-state index contributed by atoms with van der Waals surface area (Å²) in [5.74, 6) is -0.310. The zero-order chi connectivity index (χ0) is 26.0. The van der Waals surface area contributed by atoms with E-state index in [2.05, 4.69) is 4.90 Å². The first-order valence-electron chi connectivity index (χ1n) is 12.0. The van der Waals surface area contributed by atoms with Crippen LogP contribution in [0.25, 0.3) is 0 Å². The Labute approximate surface area is 214 Å². The van der Waals surface area contributed by atoms with Gasteiger partial charge in [0.2, 0.25) is 0 Å². The number of amides is 2. The Kier molecular flexibility index (Phi) is 8.02. The lowest BCUT2D eigenvalue weighted by atomic mass is 9.75. The van der Waals surface area contributed by atoms with Gasteiger partial charge in [-0.15, -0.1) is 0 Å². The minimum absolute atomic E-state index is 0.0230. The number of aliphatic hydroxyl groups is 1. The smallest absolute Gasteiger partial charge is 0.387 e. The maximum atomic E-state index is 13.9. The van der Waals surface area contributed by atoms with Crippen molar-refractivity contribution in [2.75, 3.05) is 42.6 Å². The fourth-order valence-electron chi connectivity index (χ4n) is 4.92. The fraction of sp³-hybridized carbons (Fsp3) is 0.500. The van der Waals surface area contributed by atoms with Crippen molar-refractivity contribution in [2.45, 2.75) is 39.8 Å². The van der Waals surface area contributed by atoms with Gasteiger partial charge in [0.15, 0.2) is 0 Å². The van der Waals surface area contributed by atoms with E-state index in [4.69, 9.17) is 16.3 Å². The van der Waals surface area contributed by atoms with Gasteiger partial charge in [0.1, 0.15) is 11.6 Å². The summed E-state index contributed by atoms with van der Waals surface area (Å²) in [5.41, 5.74) is 1.18. The molecule has 36 heavy (non-hydrogen) atoms. The largest absolute Gasteiger partial charge is 0.434 e. The van der Waals surface area contributed by atoms with Crippen molar-refractivity contribution in [1.29, 1.82) is 0 Å². The molecule has 0 spiro atoms. The van der Waals surface area contributed by atoms with Gasteiger partial charge >= 0.3 is 12.6 Å². The molecule has 2 aromatic rings. The molecular weight excluding hydrogens is 495 g/mol. The lowest BCUT2D eigenvalue weighted by Gasteiger charge is -2.40. The van der Waals surface area contributed by atoms with Crippen molar-refractivity contribution in [2.24, 2.45) is 11.3 Å². The first-order chi connectivity index (χ1) is 17.1.